The summed E-state index contributed by atoms with van der Waals surface area (Å²) in [5, 5.41) is 4.63. The van der Waals surface area contributed by atoms with Crippen LogP contribution in [0.2, 0.25) is 5.28 Å². The molecular weight excluding hydrogens is 562 g/mol. The molecule has 1 amide bonds. The largest absolute Gasteiger partial charge is 0.463 e. The van der Waals surface area contributed by atoms with E-state index in [4.69, 9.17) is 35.3 Å². The molecule has 2 fully saturated rings. The molecule has 3 heterocycles. The maximum absolute atomic E-state index is 13.5. The van der Waals surface area contributed by atoms with Crippen molar-refractivity contribution in [3.8, 4) is 0 Å². The minimum absolute atomic E-state index is 0.170. The van der Waals surface area contributed by atoms with E-state index in [-0.39, 0.29) is 29.4 Å². The Hall–Kier alpha value is -3.52. The number of halogens is 1. The van der Waals surface area contributed by atoms with Crippen molar-refractivity contribution >= 4 is 52.5 Å². The summed E-state index contributed by atoms with van der Waals surface area (Å²) < 4.78 is 29.2. The van der Waals surface area contributed by atoms with E-state index in [2.05, 4.69) is 15.1 Å². The molecule has 0 spiro atoms. The SMILES string of the molecule is CC(=O)OC[C@H]1O[C@@H](n2ncc3c(N(C(=O)OC(C)(C)C)C4CCCC4)nc(Cl)nc32)[C@H](OC(C)=O)[C@@H]1OC(C)=O. The molecule has 0 aromatic carbocycles. The first-order chi connectivity index (χ1) is 19.2. The van der Waals surface area contributed by atoms with E-state index >= 15 is 0 Å². The molecule has 1 saturated heterocycles. The van der Waals surface area contributed by atoms with Crippen LogP contribution in [0.5, 0.6) is 0 Å². The standard InChI is InChI=1S/C26H34ClN5O9/c1-13(33)37-12-18-19(38-14(2)34)20(39-15(3)35)23(40-18)32-22-17(11-28-32)21(29-24(27)30-22)31(16-9-7-8-10-16)25(36)41-26(4,5)6/h11,16,18-20,23H,7-10,12H2,1-6H3/t18-,19-,20-,23-/m1/s1. The highest BCUT2D eigenvalue weighted by molar-refractivity contribution is 6.29. The van der Waals surface area contributed by atoms with Crippen molar-refractivity contribution in [2.45, 2.75) is 103 Å². The number of rotatable bonds is 7. The summed E-state index contributed by atoms with van der Waals surface area (Å²) in [7, 11) is 0. The Morgan fingerprint density at radius 3 is 2.24 bits per heavy atom. The zero-order valence-electron chi connectivity index (χ0n) is 23.8. The quantitative estimate of drug-likeness (QED) is 0.260. The fraction of sp³-hybridized carbons (Fsp3) is 0.654. The highest BCUT2D eigenvalue weighted by Crippen LogP contribution is 2.38. The van der Waals surface area contributed by atoms with E-state index in [0.717, 1.165) is 25.7 Å². The Kier molecular flexibility index (Phi) is 9.02. The van der Waals surface area contributed by atoms with Crippen LogP contribution in [0.3, 0.4) is 0 Å². The van der Waals surface area contributed by atoms with Crippen molar-refractivity contribution in [2.24, 2.45) is 0 Å². The predicted octanol–water partition coefficient (Wildman–Crippen LogP) is 3.49. The van der Waals surface area contributed by atoms with Crippen molar-refractivity contribution < 1.29 is 42.9 Å². The zero-order chi connectivity index (χ0) is 30.1. The summed E-state index contributed by atoms with van der Waals surface area (Å²) in [5.74, 6) is -1.70. The van der Waals surface area contributed by atoms with Gasteiger partial charge in [0.1, 0.15) is 18.3 Å². The molecule has 0 unspecified atom stereocenters. The van der Waals surface area contributed by atoms with E-state index < -0.39 is 54.1 Å². The fourth-order valence-corrected chi connectivity index (χ4v) is 5.19. The predicted molar refractivity (Wildman–Crippen MR) is 143 cm³/mol. The summed E-state index contributed by atoms with van der Waals surface area (Å²) in [6, 6.07) is -0.180. The van der Waals surface area contributed by atoms with Gasteiger partial charge in [-0.3, -0.25) is 19.3 Å². The van der Waals surface area contributed by atoms with Gasteiger partial charge in [0, 0.05) is 26.8 Å². The number of hydrogen-bond donors (Lipinski definition) is 0. The lowest BCUT2D eigenvalue weighted by molar-refractivity contribution is -0.166. The molecule has 14 nitrogen and oxygen atoms in total. The van der Waals surface area contributed by atoms with Gasteiger partial charge in [-0.25, -0.2) is 9.48 Å². The molecule has 0 radical (unpaired) electrons. The second-order valence-corrected chi connectivity index (χ2v) is 11.3. The van der Waals surface area contributed by atoms with E-state index in [0.29, 0.717) is 5.39 Å². The van der Waals surface area contributed by atoms with Crippen LogP contribution >= 0.6 is 11.6 Å². The maximum Gasteiger partial charge on any atom is 0.416 e. The van der Waals surface area contributed by atoms with Crippen LogP contribution in [0.15, 0.2) is 6.20 Å². The van der Waals surface area contributed by atoms with Crippen molar-refractivity contribution in [2.75, 3.05) is 11.5 Å². The third-order valence-electron chi connectivity index (χ3n) is 6.50. The first kappa shape index (κ1) is 30.4. The number of anilines is 1. The molecule has 0 N–H and O–H groups in total. The van der Waals surface area contributed by atoms with Gasteiger partial charge in [-0.1, -0.05) is 12.8 Å². The van der Waals surface area contributed by atoms with Crippen molar-refractivity contribution in [1.29, 1.82) is 0 Å². The molecule has 1 aliphatic heterocycles. The third kappa shape index (κ3) is 7.04. The van der Waals surface area contributed by atoms with Gasteiger partial charge in [0.2, 0.25) is 5.28 Å². The summed E-state index contributed by atoms with van der Waals surface area (Å²) in [4.78, 5) is 59.2. The number of amides is 1. The van der Waals surface area contributed by atoms with Crippen molar-refractivity contribution in [3.63, 3.8) is 0 Å². The van der Waals surface area contributed by atoms with Gasteiger partial charge in [0.05, 0.1) is 11.6 Å². The first-order valence-electron chi connectivity index (χ1n) is 13.3. The molecule has 224 valence electrons. The lowest BCUT2D eigenvalue weighted by Crippen LogP contribution is -2.43. The van der Waals surface area contributed by atoms with Crippen molar-refractivity contribution in [1.82, 2.24) is 19.7 Å². The van der Waals surface area contributed by atoms with Gasteiger partial charge in [0.15, 0.2) is 29.9 Å². The van der Waals surface area contributed by atoms with Gasteiger partial charge in [-0.2, -0.15) is 15.1 Å². The van der Waals surface area contributed by atoms with E-state index in [9.17, 15) is 19.2 Å². The summed E-state index contributed by atoms with van der Waals surface area (Å²) in [6.45, 7) is 8.65. The Bertz CT molecular complexity index is 1320. The molecule has 41 heavy (non-hydrogen) atoms. The number of carbonyl (C=O) groups is 4. The summed E-state index contributed by atoms with van der Waals surface area (Å²) in [6.07, 6.45) is -0.244. The monoisotopic (exact) mass is 595 g/mol. The summed E-state index contributed by atoms with van der Waals surface area (Å²) >= 11 is 6.38. The summed E-state index contributed by atoms with van der Waals surface area (Å²) in [5.41, 5.74) is -0.588. The Labute approximate surface area is 241 Å². The maximum atomic E-state index is 13.5. The van der Waals surface area contributed by atoms with Crippen LogP contribution in [-0.4, -0.2) is 80.3 Å². The second kappa shape index (κ2) is 12.1. The highest BCUT2D eigenvalue weighted by Gasteiger charge is 2.51. The fourth-order valence-electron chi connectivity index (χ4n) is 5.03. The first-order valence-corrected chi connectivity index (χ1v) is 13.7. The lowest BCUT2D eigenvalue weighted by atomic mass is 10.1. The number of esters is 3. The van der Waals surface area contributed by atoms with Crippen LogP contribution < -0.4 is 4.90 Å². The van der Waals surface area contributed by atoms with Crippen LogP contribution in [0, 0.1) is 0 Å². The minimum Gasteiger partial charge on any atom is -0.463 e. The number of aromatic nitrogens is 4. The zero-order valence-corrected chi connectivity index (χ0v) is 24.5. The molecule has 2 aromatic heterocycles. The highest BCUT2D eigenvalue weighted by atomic mass is 35.5. The molecule has 15 heteroatoms. The average molecular weight is 596 g/mol. The topological polar surface area (TPSA) is 161 Å². The van der Waals surface area contributed by atoms with Crippen LogP contribution in [0.4, 0.5) is 10.6 Å². The molecule has 1 aliphatic carbocycles. The van der Waals surface area contributed by atoms with E-state index in [1.165, 1.54) is 36.5 Å². The normalized spacial score (nSPS) is 22.9. The van der Waals surface area contributed by atoms with Gasteiger partial charge in [0.25, 0.3) is 0 Å². The van der Waals surface area contributed by atoms with Crippen LogP contribution in [0.25, 0.3) is 11.0 Å². The van der Waals surface area contributed by atoms with E-state index in [1.54, 1.807) is 20.8 Å². The number of hydrogen-bond acceptors (Lipinski definition) is 12. The molecule has 1 saturated carbocycles. The second-order valence-electron chi connectivity index (χ2n) is 10.9. The third-order valence-corrected chi connectivity index (χ3v) is 6.67. The van der Waals surface area contributed by atoms with Crippen LogP contribution in [0.1, 0.15) is 73.5 Å². The molecule has 0 bridgehead atoms. The Balaban J connectivity index is 1.81. The molecule has 4 rings (SSSR count). The van der Waals surface area contributed by atoms with Gasteiger partial charge < -0.3 is 23.7 Å². The molecule has 2 aromatic rings. The Morgan fingerprint density at radius 1 is 1.02 bits per heavy atom. The number of carbonyl (C=O) groups excluding carboxylic acids is 4. The van der Waals surface area contributed by atoms with Crippen molar-refractivity contribution in [3.05, 3.63) is 11.5 Å². The van der Waals surface area contributed by atoms with Gasteiger partial charge in [-0.15, -0.1) is 0 Å². The van der Waals surface area contributed by atoms with E-state index in [1.807, 2.05) is 0 Å². The number of nitrogens with zero attached hydrogens (tertiary/aromatic N) is 5. The molecular formula is C26H34ClN5O9. The van der Waals surface area contributed by atoms with Gasteiger partial charge >= 0.3 is 24.0 Å². The smallest absolute Gasteiger partial charge is 0.416 e. The lowest BCUT2D eigenvalue weighted by Gasteiger charge is -2.31. The minimum atomic E-state index is -1.19. The molecule has 2 aliphatic rings. The average Bonchev–Trinajstić information content (AvgIpc) is 3.57. The number of ether oxygens (including phenoxy) is 5. The molecule has 4 atom stereocenters. The van der Waals surface area contributed by atoms with Crippen LogP contribution in [-0.2, 0) is 38.1 Å². The Morgan fingerprint density at radius 2 is 1.66 bits per heavy atom. The van der Waals surface area contributed by atoms with Gasteiger partial charge in [-0.05, 0) is 45.2 Å². The number of fused-ring (bicyclic) bond motifs is 1.